The van der Waals surface area contributed by atoms with Crippen molar-refractivity contribution in [2.45, 2.75) is 80.1 Å². The van der Waals surface area contributed by atoms with E-state index in [9.17, 15) is 29.4 Å². The lowest BCUT2D eigenvalue weighted by atomic mass is 10.0. The maximum absolute atomic E-state index is 10.6. The Labute approximate surface area is 221 Å². The third-order valence-corrected chi connectivity index (χ3v) is 4.66. The SMILES string of the molecule is CC(=O)N[C@@H](C=O)[C@@H](O)[C@@H](O)[C@H](O)CO.O=C[C@H](O)[C@@H](O)[C@@H](O)[C@H](O)CO.O=C[C@H](O)[C@@H](O)[C@H](O)[C@H](O)CO. The molecule has 0 aromatic rings. The van der Waals surface area contributed by atoms with E-state index < -0.39 is 98.9 Å². The summed E-state index contributed by atoms with van der Waals surface area (Å²) in [6.07, 6.45) is -18.4. The van der Waals surface area contributed by atoms with Gasteiger partial charge < -0.3 is 91.2 Å². The second-order valence-electron chi connectivity index (χ2n) is 7.81. The Balaban J connectivity index is -0.000000503. The van der Waals surface area contributed by atoms with Crippen LogP contribution < -0.4 is 5.32 Å². The summed E-state index contributed by atoms with van der Waals surface area (Å²) in [5, 5.41) is 125. The molecule has 19 heteroatoms. The number of nitrogens with one attached hydrogen (secondary N) is 1. The first-order valence-electron chi connectivity index (χ1n) is 11.0. The van der Waals surface area contributed by atoms with E-state index in [0.717, 1.165) is 6.92 Å². The van der Waals surface area contributed by atoms with Crippen LogP contribution in [0.4, 0.5) is 0 Å². The summed E-state index contributed by atoms with van der Waals surface area (Å²) in [6, 6.07) is -1.32. The summed E-state index contributed by atoms with van der Waals surface area (Å²) in [5.41, 5.74) is 0. The molecule has 0 saturated carbocycles. The lowest BCUT2D eigenvalue weighted by molar-refractivity contribution is -0.136. The Bertz CT molecular complexity index is 639. The Morgan fingerprint density at radius 3 is 1.03 bits per heavy atom. The third-order valence-electron chi connectivity index (χ3n) is 4.66. The molecule has 0 aliphatic heterocycles. The number of rotatable bonds is 16. The lowest BCUT2D eigenvalue weighted by Crippen LogP contribution is -2.53. The highest BCUT2D eigenvalue weighted by Crippen LogP contribution is 2.05. The lowest BCUT2D eigenvalue weighted by Gasteiger charge is -2.25. The molecule has 232 valence electrons. The molecule has 0 fully saturated rings. The highest BCUT2D eigenvalue weighted by atomic mass is 16.4. The zero-order chi connectivity index (χ0) is 31.5. The molecule has 1 amide bonds. The number of hydrogen-bond acceptors (Lipinski definition) is 18. The fourth-order valence-electron chi connectivity index (χ4n) is 2.22. The van der Waals surface area contributed by atoms with Gasteiger partial charge in [0.25, 0.3) is 0 Å². The molecule has 0 saturated heterocycles. The second kappa shape index (κ2) is 22.7. The molecule has 12 atom stereocenters. The Morgan fingerprint density at radius 1 is 0.538 bits per heavy atom. The number of carbonyl (C=O) groups excluding carboxylic acids is 4. The van der Waals surface area contributed by atoms with Crippen LogP contribution in [0.3, 0.4) is 0 Å². The topological polar surface area (TPSA) is 364 Å². The predicted octanol–water partition coefficient (Wildman–Crippen LogP) is -9.99. The van der Waals surface area contributed by atoms with E-state index in [1.165, 1.54) is 0 Å². The van der Waals surface area contributed by atoms with Gasteiger partial charge in [-0.15, -0.1) is 0 Å². The van der Waals surface area contributed by atoms with Gasteiger partial charge >= 0.3 is 0 Å². The second-order valence-corrected chi connectivity index (χ2v) is 7.81. The summed E-state index contributed by atoms with van der Waals surface area (Å²) < 4.78 is 0. The standard InChI is InChI=1S/C8H15NO6.2C6H12O6/c1-4(12)9-5(2-10)7(14)8(15)6(13)3-11;2*7-1-3(9)5(11)6(12)4(10)2-8/h2,5-8,11,13-15H,3H2,1H3,(H,9,12);2*1,3-6,8-12H,2H2/t5-,6+,7+,8-;3-,4+,5+,6+;3-,4+,5+,6-/m000/s1. The molecule has 0 heterocycles. The number of aliphatic hydroxyl groups excluding tert-OH is 14. The van der Waals surface area contributed by atoms with E-state index in [1.54, 1.807) is 0 Å². The van der Waals surface area contributed by atoms with Gasteiger partial charge in [-0.1, -0.05) is 0 Å². The van der Waals surface area contributed by atoms with Gasteiger partial charge in [-0.05, 0) is 0 Å². The maximum atomic E-state index is 10.6. The number of aldehydes is 3. The van der Waals surface area contributed by atoms with Crippen LogP contribution in [0.2, 0.25) is 0 Å². The molecule has 0 bridgehead atoms. The van der Waals surface area contributed by atoms with E-state index in [-0.39, 0.29) is 18.9 Å². The average molecular weight is 582 g/mol. The minimum Gasteiger partial charge on any atom is -0.394 e. The zero-order valence-electron chi connectivity index (χ0n) is 20.7. The van der Waals surface area contributed by atoms with E-state index >= 15 is 0 Å². The summed E-state index contributed by atoms with van der Waals surface area (Å²) >= 11 is 0. The summed E-state index contributed by atoms with van der Waals surface area (Å²) in [4.78, 5) is 40.9. The van der Waals surface area contributed by atoms with Crippen LogP contribution in [-0.4, -0.2) is 189 Å². The quantitative estimate of drug-likeness (QED) is 0.0752. The molecule has 39 heavy (non-hydrogen) atoms. The van der Waals surface area contributed by atoms with Crippen LogP contribution in [0.15, 0.2) is 0 Å². The van der Waals surface area contributed by atoms with Crippen molar-refractivity contribution in [3.05, 3.63) is 0 Å². The molecule has 0 unspecified atom stereocenters. The molecule has 0 rings (SSSR count). The smallest absolute Gasteiger partial charge is 0.217 e. The largest absolute Gasteiger partial charge is 0.394 e. The van der Waals surface area contributed by atoms with Crippen LogP contribution >= 0.6 is 0 Å². The van der Waals surface area contributed by atoms with Crippen molar-refractivity contribution in [1.29, 1.82) is 0 Å². The van der Waals surface area contributed by atoms with Gasteiger partial charge in [0, 0.05) is 6.92 Å². The van der Waals surface area contributed by atoms with Crippen LogP contribution in [0.25, 0.3) is 0 Å². The monoisotopic (exact) mass is 581 g/mol. The molecule has 19 nitrogen and oxygen atoms in total. The van der Waals surface area contributed by atoms with Gasteiger partial charge in [0.05, 0.1) is 19.8 Å². The van der Waals surface area contributed by atoms with Crippen molar-refractivity contribution < 1.29 is 90.7 Å². The zero-order valence-corrected chi connectivity index (χ0v) is 20.7. The minimum absolute atomic E-state index is 0.0258. The molecule has 0 spiro atoms. The Hall–Kier alpha value is -2.08. The first kappa shape index (κ1) is 41.4. The highest BCUT2D eigenvalue weighted by Gasteiger charge is 2.32. The molecule has 0 radical (unpaired) electrons. The molecule has 0 aromatic heterocycles. The molecular formula is C20H39NO18. The Morgan fingerprint density at radius 2 is 0.821 bits per heavy atom. The molecule has 0 aliphatic rings. The predicted molar refractivity (Wildman–Crippen MR) is 123 cm³/mol. The van der Waals surface area contributed by atoms with Gasteiger partial charge in [0.1, 0.15) is 79.5 Å². The number of aliphatic hydroxyl groups is 14. The minimum atomic E-state index is -1.79. The summed E-state index contributed by atoms with van der Waals surface area (Å²) in [5.74, 6) is -0.558. The van der Waals surface area contributed by atoms with Crippen LogP contribution in [0, 0.1) is 0 Å². The van der Waals surface area contributed by atoms with E-state index in [1.807, 2.05) is 0 Å². The van der Waals surface area contributed by atoms with Gasteiger partial charge in [0.2, 0.25) is 5.91 Å². The summed E-state index contributed by atoms with van der Waals surface area (Å²) in [6.45, 7) is -1.14. The molecule has 0 aliphatic carbocycles. The summed E-state index contributed by atoms with van der Waals surface area (Å²) in [7, 11) is 0. The van der Waals surface area contributed by atoms with Crippen molar-refractivity contribution in [1.82, 2.24) is 5.32 Å². The molecule has 0 aromatic carbocycles. The van der Waals surface area contributed by atoms with Crippen LogP contribution in [-0.2, 0) is 19.2 Å². The Kier molecular flexibility index (Phi) is 24.1. The van der Waals surface area contributed by atoms with Crippen LogP contribution in [0.1, 0.15) is 6.92 Å². The van der Waals surface area contributed by atoms with Gasteiger partial charge in [0.15, 0.2) is 12.6 Å². The van der Waals surface area contributed by atoms with E-state index in [4.69, 9.17) is 61.3 Å². The number of amides is 1. The van der Waals surface area contributed by atoms with Crippen LogP contribution in [0.5, 0.6) is 0 Å². The van der Waals surface area contributed by atoms with E-state index in [0.29, 0.717) is 0 Å². The van der Waals surface area contributed by atoms with Gasteiger partial charge in [-0.25, -0.2) is 0 Å². The fourth-order valence-corrected chi connectivity index (χ4v) is 2.22. The number of hydrogen-bond donors (Lipinski definition) is 15. The van der Waals surface area contributed by atoms with Crippen molar-refractivity contribution in [2.24, 2.45) is 0 Å². The van der Waals surface area contributed by atoms with Crippen molar-refractivity contribution in [3.8, 4) is 0 Å². The molecule has 15 N–H and O–H groups in total. The first-order valence-corrected chi connectivity index (χ1v) is 11.0. The maximum Gasteiger partial charge on any atom is 0.217 e. The van der Waals surface area contributed by atoms with E-state index in [2.05, 4.69) is 5.32 Å². The third kappa shape index (κ3) is 16.6. The van der Waals surface area contributed by atoms with Crippen molar-refractivity contribution in [3.63, 3.8) is 0 Å². The van der Waals surface area contributed by atoms with Gasteiger partial charge in [-0.3, -0.25) is 4.79 Å². The highest BCUT2D eigenvalue weighted by molar-refractivity contribution is 5.77. The van der Waals surface area contributed by atoms with Crippen molar-refractivity contribution >= 4 is 24.8 Å². The van der Waals surface area contributed by atoms with Crippen molar-refractivity contribution in [2.75, 3.05) is 19.8 Å². The number of carbonyl (C=O) groups is 4. The average Bonchev–Trinajstić information content (AvgIpc) is 2.95. The normalized spacial score (nSPS) is 20.2. The fraction of sp³-hybridized carbons (Fsp3) is 0.800. The first-order chi connectivity index (χ1) is 18.0. The molecular weight excluding hydrogens is 542 g/mol. The van der Waals surface area contributed by atoms with Gasteiger partial charge in [-0.2, -0.15) is 0 Å².